The highest BCUT2D eigenvalue weighted by Gasteiger charge is 2.33. The van der Waals surface area contributed by atoms with Crippen molar-refractivity contribution in [2.45, 2.75) is 33.2 Å². The molecule has 1 aromatic heterocycles. The molecule has 0 saturated carbocycles. The van der Waals surface area contributed by atoms with Crippen molar-refractivity contribution >= 4 is 5.96 Å². The molecule has 5 heteroatoms. The standard InChI is InChI=1S/C16H26N4O/c1-5-16(2)9-10-20(12-16)15(17-3)18-11-13-7-6-8-14(19-13)21-4/h6-8H,5,9-12H2,1-4H3,(H,17,18). The van der Waals surface area contributed by atoms with Crippen LogP contribution in [0.25, 0.3) is 0 Å². The Morgan fingerprint density at radius 1 is 1.52 bits per heavy atom. The molecule has 1 atom stereocenters. The first-order chi connectivity index (χ1) is 10.1. The summed E-state index contributed by atoms with van der Waals surface area (Å²) in [6.07, 6.45) is 2.43. The number of methoxy groups -OCH3 is 1. The number of nitrogens with zero attached hydrogens (tertiary/aromatic N) is 3. The van der Waals surface area contributed by atoms with Crippen molar-refractivity contribution in [3.8, 4) is 5.88 Å². The van der Waals surface area contributed by atoms with Crippen molar-refractivity contribution in [2.24, 2.45) is 10.4 Å². The van der Waals surface area contributed by atoms with Crippen LogP contribution in [0.15, 0.2) is 23.2 Å². The maximum atomic E-state index is 5.15. The van der Waals surface area contributed by atoms with E-state index in [2.05, 4.69) is 34.0 Å². The summed E-state index contributed by atoms with van der Waals surface area (Å²) in [5.41, 5.74) is 1.36. The van der Waals surface area contributed by atoms with Gasteiger partial charge in [0.2, 0.25) is 5.88 Å². The summed E-state index contributed by atoms with van der Waals surface area (Å²) in [7, 11) is 3.47. The van der Waals surface area contributed by atoms with Crippen LogP contribution in [-0.4, -0.2) is 43.1 Å². The Balaban J connectivity index is 1.94. The number of aliphatic imine (C=N–C) groups is 1. The highest BCUT2D eigenvalue weighted by molar-refractivity contribution is 5.80. The smallest absolute Gasteiger partial charge is 0.213 e. The number of ether oxygens (including phenoxy) is 1. The van der Waals surface area contributed by atoms with Gasteiger partial charge in [-0.25, -0.2) is 4.98 Å². The van der Waals surface area contributed by atoms with Gasteiger partial charge in [-0.15, -0.1) is 0 Å². The number of rotatable bonds is 4. The predicted molar refractivity (Wildman–Crippen MR) is 85.6 cm³/mol. The summed E-state index contributed by atoms with van der Waals surface area (Å²) >= 11 is 0. The van der Waals surface area contributed by atoms with Crippen molar-refractivity contribution in [2.75, 3.05) is 27.2 Å². The number of hydrogen-bond acceptors (Lipinski definition) is 3. The second kappa shape index (κ2) is 6.78. The topological polar surface area (TPSA) is 49.8 Å². The Labute approximate surface area is 127 Å². The number of guanidine groups is 1. The second-order valence-electron chi connectivity index (χ2n) is 5.91. The molecule has 2 heterocycles. The fourth-order valence-electron chi connectivity index (χ4n) is 2.66. The van der Waals surface area contributed by atoms with E-state index in [9.17, 15) is 0 Å². The lowest BCUT2D eigenvalue weighted by atomic mass is 9.87. The van der Waals surface area contributed by atoms with E-state index in [0.717, 1.165) is 24.7 Å². The van der Waals surface area contributed by atoms with E-state index in [1.54, 1.807) is 7.11 Å². The SMILES string of the molecule is CCC1(C)CCN(C(=NC)NCc2cccc(OC)n2)C1. The first-order valence-corrected chi connectivity index (χ1v) is 7.56. The normalized spacial score (nSPS) is 22.5. The Hall–Kier alpha value is -1.78. The van der Waals surface area contributed by atoms with Crippen LogP contribution in [0, 0.1) is 5.41 Å². The fourth-order valence-corrected chi connectivity index (χ4v) is 2.66. The zero-order valence-corrected chi connectivity index (χ0v) is 13.5. The van der Waals surface area contributed by atoms with Crippen molar-refractivity contribution in [3.63, 3.8) is 0 Å². The summed E-state index contributed by atoms with van der Waals surface area (Å²) in [5.74, 6) is 1.60. The van der Waals surface area contributed by atoms with Crippen molar-refractivity contribution in [3.05, 3.63) is 23.9 Å². The second-order valence-corrected chi connectivity index (χ2v) is 5.91. The molecule has 0 amide bonds. The summed E-state index contributed by atoms with van der Waals surface area (Å²) in [5, 5.41) is 3.40. The van der Waals surface area contributed by atoms with Gasteiger partial charge in [-0.1, -0.05) is 19.9 Å². The third kappa shape index (κ3) is 3.86. The van der Waals surface area contributed by atoms with Crippen LogP contribution in [-0.2, 0) is 6.54 Å². The van der Waals surface area contributed by atoms with E-state index < -0.39 is 0 Å². The van der Waals surface area contributed by atoms with Crippen molar-refractivity contribution in [1.82, 2.24) is 15.2 Å². The summed E-state index contributed by atoms with van der Waals surface area (Å²) in [6, 6.07) is 5.80. The number of hydrogen-bond donors (Lipinski definition) is 1. The number of nitrogens with one attached hydrogen (secondary N) is 1. The third-order valence-electron chi connectivity index (χ3n) is 4.34. The fraction of sp³-hybridized carbons (Fsp3) is 0.625. The van der Waals surface area contributed by atoms with Gasteiger partial charge in [0.05, 0.1) is 19.3 Å². The summed E-state index contributed by atoms with van der Waals surface area (Å²) in [4.78, 5) is 11.1. The van der Waals surface area contributed by atoms with Gasteiger partial charge in [0.1, 0.15) is 0 Å². The van der Waals surface area contributed by atoms with Crippen LogP contribution in [0.1, 0.15) is 32.4 Å². The quantitative estimate of drug-likeness (QED) is 0.683. The molecule has 0 aromatic carbocycles. The maximum Gasteiger partial charge on any atom is 0.213 e. The highest BCUT2D eigenvalue weighted by Crippen LogP contribution is 2.32. The monoisotopic (exact) mass is 290 g/mol. The Kier molecular flexibility index (Phi) is 5.04. The van der Waals surface area contributed by atoms with Crippen LogP contribution in [0.3, 0.4) is 0 Å². The van der Waals surface area contributed by atoms with E-state index >= 15 is 0 Å². The minimum Gasteiger partial charge on any atom is -0.481 e. The van der Waals surface area contributed by atoms with Crippen LogP contribution in [0.5, 0.6) is 5.88 Å². The van der Waals surface area contributed by atoms with Gasteiger partial charge in [-0.3, -0.25) is 4.99 Å². The van der Waals surface area contributed by atoms with E-state index in [-0.39, 0.29) is 0 Å². The number of pyridine rings is 1. The zero-order chi connectivity index (χ0) is 15.3. The van der Waals surface area contributed by atoms with Gasteiger partial charge < -0.3 is 15.0 Å². The predicted octanol–water partition coefficient (Wildman–Crippen LogP) is 2.29. The van der Waals surface area contributed by atoms with Crippen LogP contribution in [0.4, 0.5) is 0 Å². The lowest BCUT2D eigenvalue weighted by molar-refractivity contribution is 0.322. The van der Waals surface area contributed by atoms with Crippen LogP contribution < -0.4 is 10.1 Å². The van der Waals surface area contributed by atoms with Gasteiger partial charge in [0.25, 0.3) is 0 Å². The average Bonchev–Trinajstić information content (AvgIpc) is 2.91. The first kappa shape index (κ1) is 15.6. The largest absolute Gasteiger partial charge is 0.481 e. The van der Waals surface area contributed by atoms with Gasteiger partial charge >= 0.3 is 0 Å². The van der Waals surface area contributed by atoms with E-state index in [1.165, 1.54) is 12.8 Å². The van der Waals surface area contributed by atoms with Gasteiger partial charge in [0.15, 0.2) is 5.96 Å². The minimum absolute atomic E-state index is 0.409. The lowest BCUT2D eigenvalue weighted by Gasteiger charge is -2.25. The molecular formula is C16H26N4O. The van der Waals surface area contributed by atoms with E-state index in [0.29, 0.717) is 17.8 Å². The Bertz CT molecular complexity index is 503. The molecule has 1 aliphatic heterocycles. The van der Waals surface area contributed by atoms with Crippen molar-refractivity contribution in [1.29, 1.82) is 0 Å². The molecule has 5 nitrogen and oxygen atoms in total. The molecule has 2 rings (SSSR count). The molecule has 0 aliphatic carbocycles. The molecule has 1 saturated heterocycles. The lowest BCUT2D eigenvalue weighted by Crippen LogP contribution is -2.40. The molecule has 1 aliphatic rings. The Morgan fingerprint density at radius 2 is 2.33 bits per heavy atom. The van der Waals surface area contributed by atoms with Crippen LogP contribution in [0.2, 0.25) is 0 Å². The van der Waals surface area contributed by atoms with Gasteiger partial charge in [-0.2, -0.15) is 0 Å². The van der Waals surface area contributed by atoms with Gasteiger partial charge in [-0.05, 0) is 24.3 Å². The highest BCUT2D eigenvalue weighted by atomic mass is 16.5. The average molecular weight is 290 g/mol. The van der Waals surface area contributed by atoms with Gasteiger partial charge in [0, 0.05) is 26.2 Å². The molecule has 0 bridgehead atoms. The number of aromatic nitrogens is 1. The molecular weight excluding hydrogens is 264 g/mol. The summed E-state index contributed by atoms with van der Waals surface area (Å²) < 4.78 is 5.15. The minimum atomic E-state index is 0.409. The Morgan fingerprint density at radius 3 is 2.95 bits per heavy atom. The third-order valence-corrected chi connectivity index (χ3v) is 4.34. The molecule has 1 N–H and O–H groups in total. The van der Waals surface area contributed by atoms with E-state index in [1.807, 2.05) is 25.2 Å². The molecule has 0 spiro atoms. The molecule has 1 unspecified atom stereocenters. The number of likely N-dealkylation sites (tertiary alicyclic amines) is 1. The first-order valence-electron chi connectivity index (χ1n) is 7.56. The molecule has 1 fully saturated rings. The molecule has 0 radical (unpaired) electrons. The molecule has 116 valence electrons. The molecule has 21 heavy (non-hydrogen) atoms. The van der Waals surface area contributed by atoms with Crippen LogP contribution >= 0.6 is 0 Å². The zero-order valence-electron chi connectivity index (χ0n) is 13.5. The van der Waals surface area contributed by atoms with Crippen molar-refractivity contribution < 1.29 is 4.74 Å². The van der Waals surface area contributed by atoms with E-state index in [4.69, 9.17) is 4.74 Å². The summed E-state index contributed by atoms with van der Waals surface area (Å²) in [6.45, 7) is 7.40. The molecule has 1 aromatic rings. The maximum absolute atomic E-state index is 5.15.